The summed E-state index contributed by atoms with van der Waals surface area (Å²) in [7, 11) is 3.58. The van der Waals surface area contributed by atoms with Crippen LogP contribution in [0.1, 0.15) is 81.9 Å². The first-order valence-electron chi connectivity index (χ1n) is 9.18. The van der Waals surface area contributed by atoms with Crippen molar-refractivity contribution in [1.29, 1.82) is 0 Å². The number of hydrogen-bond donors (Lipinski definition) is 0. The van der Waals surface area contributed by atoms with Crippen molar-refractivity contribution in [3.05, 3.63) is 22.8 Å². The lowest BCUT2D eigenvalue weighted by atomic mass is 9.57. The lowest BCUT2D eigenvalue weighted by Crippen LogP contribution is -2.37. The van der Waals surface area contributed by atoms with Gasteiger partial charge in [0.25, 0.3) is 0 Å². The van der Waals surface area contributed by atoms with Crippen LogP contribution in [0.4, 0.5) is 0 Å². The van der Waals surface area contributed by atoms with Gasteiger partial charge in [0.15, 0.2) is 11.5 Å². The molecule has 2 nitrogen and oxygen atoms in total. The Morgan fingerprint density at radius 1 is 1.09 bits per heavy atom. The van der Waals surface area contributed by atoms with Crippen molar-refractivity contribution in [3.63, 3.8) is 0 Å². The minimum Gasteiger partial charge on any atom is -0.493 e. The van der Waals surface area contributed by atoms with Crippen LogP contribution in [0.5, 0.6) is 11.5 Å². The summed E-state index contributed by atoms with van der Waals surface area (Å²) in [4.78, 5) is 0. The molecule has 0 saturated heterocycles. The van der Waals surface area contributed by atoms with Crippen LogP contribution >= 0.6 is 0 Å². The number of benzene rings is 1. The summed E-state index contributed by atoms with van der Waals surface area (Å²) < 4.78 is 11.7. The third-order valence-electron chi connectivity index (χ3n) is 6.34. The molecule has 0 heterocycles. The molecule has 2 aliphatic rings. The third-order valence-corrected chi connectivity index (χ3v) is 6.34. The molecule has 0 radical (unpaired) electrons. The largest absolute Gasteiger partial charge is 0.493 e. The molecule has 0 aliphatic heterocycles. The topological polar surface area (TPSA) is 18.5 Å². The first kappa shape index (κ1) is 16.7. The standard InChI is InChI=1S/C21H32O2/c1-13(2)16-12-14-9-10-17-15(8-7-11-21(17,3)4)18(14)20(23-6)19(16)22-5/h12-13,15,17H,7-11H2,1-6H3/t15-,17-/m1/s1. The molecule has 0 N–H and O–H groups in total. The van der Waals surface area contributed by atoms with Crippen molar-refractivity contribution < 1.29 is 9.47 Å². The van der Waals surface area contributed by atoms with E-state index in [-0.39, 0.29) is 0 Å². The number of methoxy groups -OCH3 is 2. The van der Waals surface area contributed by atoms with Crippen LogP contribution in [0.3, 0.4) is 0 Å². The first-order valence-corrected chi connectivity index (χ1v) is 9.18. The van der Waals surface area contributed by atoms with E-state index in [2.05, 4.69) is 33.8 Å². The van der Waals surface area contributed by atoms with Crippen molar-refractivity contribution in [3.8, 4) is 11.5 Å². The van der Waals surface area contributed by atoms with E-state index in [1.54, 1.807) is 14.2 Å². The molecule has 0 unspecified atom stereocenters. The van der Waals surface area contributed by atoms with Crippen LogP contribution in [-0.4, -0.2) is 14.2 Å². The van der Waals surface area contributed by atoms with Crippen molar-refractivity contribution in [2.45, 2.75) is 71.6 Å². The fourth-order valence-corrected chi connectivity index (χ4v) is 5.14. The zero-order valence-electron chi connectivity index (χ0n) is 15.7. The van der Waals surface area contributed by atoms with Crippen LogP contribution in [0.2, 0.25) is 0 Å². The van der Waals surface area contributed by atoms with Gasteiger partial charge >= 0.3 is 0 Å². The van der Waals surface area contributed by atoms with Crippen molar-refractivity contribution in [2.24, 2.45) is 11.3 Å². The molecule has 1 saturated carbocycles. The highest BCUT2D eigenvalue weighted by Crippen LogP contribution is 2.57. The summed E-state index contributed by atoms with van der Waals surface area (Å²) in [5.41, 5.74) is 4.69. The summed E-state index contributed by atoms with van der Waals surface area (Å²) >= 11 is 0. The maximum Gasteiger partial charge on any atom is 0.164 e. The average Bonchev–Trinajstić information content (AvgIpc) is 2.52. The van der Waals surface area contributed by atoms with E-state index in [1.807, 2.05) is 0 Å². The summed E-state index contributed by atoms with van der Waals surface area (Å²) in [5.74, 6) is 3.83. The van der Waals surface area contributed by atoms with Gasteiger partial charge in [-0.05, 0) is 54.4 Å². The Morgan fingerprint density at radius 2 is 1.78 bits per heavy atom. The molecule has 0 amide bonds. The van der Waals surface area contributed by atoms with Gasteiger partial charge in [0, 0.05) is 11.1 Å². The fourth-order valence-electron chi connectivity index (χ4n) is 5.14. The smallest absolute Gasteiger partial charge is 0.164 e. The monoisotopic (exact) mass is 316 g/mol. The maximum absolute atomic E-state index is 5.92. The molecule has 23 heavy (non-hydrogen) atoms. The number of aryl methyl sites for hydroxylation is 1. The third kappa shape index (κ3) is 2.64. The lowest BCUT2D eigenvalue weighted by molar-refractivity contribution is 0.0954. The predicted octanol–water partition coefficient (Wildman–Crippen LogP) is 5.68. The minimum absolute atomic E-state index is 0.440. The number of rotatable bonds is 3. The first-order chi connectivity index (χ1) is 10.9. The van der Waals surface area contributed by atoms with Crippen LogP contribution in [0.15, 0.2) is 6.07 Å². The molecule has 2 aliphatic carbocycles. The molecule has 0 spiro atoms. The van der Waals surface area contributed by atoms with Crippen molar-refractivity contribution >= 4 is 0 Å². The van der Waals surface area contributed by atoms with Gasteiger partial charge < -0.3 is 9.47 Å². The highest BCUT2D eigenvalue weighted by molar-refractivity contribution is 5.59. The molecular formula is C21H32O2. The fraction of sp³-hybridized carbons (Fsp3) is 0.714. The molecule has 1 fully saturated rings. The Morgan fingerprint density at radius 3 is 2.39 bits per heavy atom. The molecule has 3 rings (SSSR count). The molecule has 0 bridgehead atoms. The number of fused-ring (bicyclic) bond motifs is 3. The van der Waals surface area contributed by atoms with Gasteiger partial charge in [-0.3, -0.25) is 0 Å². The maximum atomic E-state index is 5.92. The second-order valence-electron chi connectivity index (χ2n) is 8.39. The lowest BCUT2D eigenvalue weighted by Gasteiger charge is -2.48. The van der Waals surface area contributed by atoms with E-state index >= 15 is 0 Å². The van der Waals surface area contributed by atoms with Gasteiger partial charge in [-0.15, -0.1) is 0 Å². The Kier molecular flexibility index (Phi) is 4.37. The average molecular weight is 316 g/mol. The van der Waals surface area contributed by atoms with E-state index < -0.39 is 0 Å². The Labute approximate surface area is 141 Å². The molecule has 128 valence electrons. The second kappa shape index (κ2) is 6.03. The van der Waals surface area contributed by atoms with Gasteiger partial charge in [-0.25, -0.2) is 0 Å². The Hall–Kier alpha value is -1.18. The summed E-state index contributed by atoms with van der Waals surface area (Å²) in [6.45, 7) is 9.39. The van der Waals surface area contributed by atoms with Crippen molar-refractivity contribution in [1.82, 2.24) is 0 Å². The van der Waals surface area contributed by atoms with Crippen LogP contribution in [0.25, 0.3) is 0 Å². The van der Waals surface area contributed by atoms with E-state index in [9.17, 15) is 0 Å². The van der Waals surface area contributed by atoms with Gasteiger partial charge in [0.1, 0.15) is 0 Å². The van der Waals surface area contributed by atoms with Gasteiger partial charge in [-0.2, -0.15) is 0 Å². The molecule has 1 aromatic carbocycles. The molecule has 2 atom stereocenters. The van der Waals surface area contributed by atoms with Gasteiger partial charge in [0.2, 0.25) is 0 Å². The normalized spacial score (nSPS) is 25.7. The SMILES string of the molecule is COc1c(C(C)C)cc2c(c1OC)[C@@H]1CCCC(C)(C)[C@@H]1CC2. The van der Waals surface area contributed by atoms with Crippen LogP contribution in [0, 0.1) is 11.3 Å². The summed E-state index contributed by atoms with van der Waals surface area (Å²) in [5, 5.41) is 0. The van der Waals surface area contributed by atoms with Gasteiger partial charge in [0.05, 0.1) is 14.2 Å². The summed E-state index contributed by atoms with van der Waals surface area (Å²) in [6, 6.07) is 2.40. The molecule has 0 aromatic heterocycles. The van der Waals surface area contributed by atoms with Gasteiger partial charge in [-0.1, -0.05) is 40.2 Å². The summed E-state index contributed by atoms with van der Waals surface area (Å²) in [6.07, 6.45) is 6.47. The molecule has 2 heteroatoms. The second-order valence-corrected chi connectivity index (χ2v) is 8.39. The minimum atomic E-state index is 0.440. The van der Waals surface area contributed by atoms with Crippen molar-refractivity contribution in [2.75, 3.05) is 14.2 Å². The highest BCUT2D eigenvalue weighted by atomic mass is 16.5. The predicted molar refractivity (Wildman–Crippen MR) is 95.8 cm³/mol. The van der Waals surface area contributed by atoms with E-state index in [0.29, 0.717) is 17.3 Å². The Balaban J connectivity index is 2.18. The highest BCUT2D eigenvalue weighted by Gasteiger charge is 2.44. The van der Waals surface area contributed by atoms with E-state index in [4.69, 9.17) is 9.47 Å². The van der Waals surface area contributed by atoms with E-state index in [1.165, 1.54) is 48.8 Å². The van der Waals surface area contributed by atoms with E-state index in [0.717, 1.165) is 17.4 Å². The molecule has 1 aromatic rings. The number of hydrogen-bond acceptors (Lipinski definition) is 2. The molecular weight excluding hydrogens is 284 g/mol. The quantitative estimate of drug-likeness (QED) is 0.714. The zero-order valence-corrected chi connectivity index (χ0v) is 15.7. The van der Waals surface area contributed by atoms with Crippen LogP contribution < -0.4 is 9.47 Å². The van der Waals surface area contributed by atoms with Crippen LogP contribution in [-0.2, 0) is 6.42 Å². The number of ether oxygens (including phenoxy) is 2. The Bertz CT molecular complexity index is 586. The zero-order chi connectivity index (χ0) is 16.8.